The highest BCUT2D eigenvalue weighted by Gasteiger charge is 2.15. The van der Waals surface area contributed by atoms with Gasteiger partial charge in [-0.15, -0.1) is 11.3 Å². The van der Waals surface area contributed by atoms with Crippen molar-refractivity contribution < 1.29 is 13.9 Å². The molecule has 0 aliphatic rings. The summed E-state index contributed by atoms with van der Waals surface area (Å²) in [4.78, 5) is 19.7. The minimum atomic E-state index is -0.161. The quantitative estimate of drug-likeness (QED) is 0.655. The van der Waals surface area contributed by atoms with Gasteiger partial charge < -0.3 is 19.4 Å². The number of ether oxygens (including phenoxy) is 1. The zero-order chi connectivity index (χ0) is 18.2. The third kappa shape index (κ3) is 4.93. The summed E-state index contributed by atoms with van der Waals surface area (Å²) >= 11 is 1.56. The second-order valence-electron chi connectivity index (χ2n) is 5.68. The van der Waals surface area contributed by atoms with Crippen molar-refractivity contribution in [3.8, 4) is 10.8 Å². The van der Waals surface area contributed by atoms with Gasteiger partial charge in [0.2, 0.25) is 5.89 Å². The van der Waals surface area contributed by atoms with Crippen LogP contribution in [0.5, 0.6) is 0 Å². The molecule has 0 saturated heterocycles. The predicted octanol–water partition coefficient (Wildman–Crippen LogP) is 3.76. The Labute approximate surface area is 156 Å². The van der Waals surface area contributed by atoms with Gasteiger partial charge in [-0.1, -0.05) is 36.4 Å². The fraction of sp³-hybridized carbons (Fsp3) is 0.263. The molecule has 6 nitrogen and oxygen atoms in total. The van der Waals surface area contributed by atoms with Gasteiger partial charge in [0.25, 0.3) is 0 Å². The van der Waals surface area contributed by atoms with Crippen LogP contribution in [0.25, 0.3) is 10.8 Å². The first-order valence-corrected chi connectivity index (χ1v) is 9.18. The van der Waals surface area contributed by atoms with Gasteiger partial charge in [-0.25, -0.2) is 9.78 Å². The van der Waals surface area contributed by atoms with Crippen LogP contribution in [0.2, 0.25) is 0 Å². The average Bonchev–Trinajstić information content (AvgIpc) is 3.35. The monoisotopic (exact) mass is 371 g/mol. The molecule has 1 aromatic carbocycles. The van der Waals surface area contributed by atoms with Crippen LogP contribution in [-0.2, 0) is 17.8 Å². The molecule has 0 fully saturated rings. The van der Waals surface area contributed by atoms with Crippen LogP contribution in [-0.4, -0.2) is 36.2 Å². The Kier molecular flexibility index (Phi) is 6.40. The van der Waals surface area contributed by atoms with Gasteiger partial charge in [0.15, 0.2) is 0 Å². The van der Waals surface area contributed by atoms with Crippen molar-refractivity contribution in [1.82, 2.24) is 15.2 Å². The van der Waals surface area contributed by atoms with Crippen molar-refractivity contribution >= 4 is 17.4 Å². The highest BCUT2D eigenvalue weighted by Crippen LogP contribution is 2.23. The van der Waals surface area contributed by atoms with Crippen LogP contribution >= 0.6 is 11.3 Å². The maximum atomic E-state index is 12.6. The molecule has 1 N–H and O–H groups in total. The van der Waals surface area contributed by atoms with E-state index in [-0.39, 0.29) is 6.03 Å². The normalized spacial score (nSPS) is 10.7. The summed E-state index contributed by atoms with van der Waals surface area (Å²) in [7, 11) is 1.63. The standard InChI is InChI=1S/C19H21N3O3S/c1-24-10-9-22(13-15-6-3-2-4-7-15)19(23)20-12-16-14-25-18(21-16)17-8-5-11-26-17/h2-8,11,14H,9-10,12-13H2,1H3,(H,20,23). The lowest BCUT2D eigenvalue weighted by molar-refractivity contribution is 0.146. The maximum absolute atomic E-state index is 12.6. The van der Waals surface area contributed by atoms with Crippen LogP contribution in [0.1, 0.15) is 11.3 Å². The lowest BCUT2D eigenvalue weighted by Gasteiger charge is -2.22. The second-order valence-corrected chi connectivity index (χ2v) is 6.63. The molecule has 7 heteroatoms. The van der Waals surface area contributed by atoms with Gasteiger partial charge in [0, 0.05) is 20.2 Å². The minimum absolute atomic E-state index is 0.161. The third-order valence-electron chi connectivity index (χ3n) is 3.77. The van der Waals surface area contributed by atoms with E-state index in [2.05, 4.69) is 10.3 Å². The number of benzene rings is 1. The van der Waals surface area contributed by atoms with Gasteiger partial charge >= 0.3 is 6.03 Å². The average molecular weight is 371 g/mol. The molecule has 0 atom stereocenters. The number of carbonyl (C=O) groups excluding carboxylic acids is 1. The van der Waals surface area contributed by atoms with Crippen molar-refractivity contribution in [2.75, 3.05) is 20.3 Å². The molecule has 2 heterocycles. The fourth-order valence-corrected chi connectivity index (χ4v) is 3.09. The van der Waals surface area contributed by atoms with Gasteiger partial charge in [0.1, 0.15) is 6.26 Å². The van der Waals surface area contributed by atoms with Crippen molar-refractivity contribution in [2.45, 2.75) is 13.1 Å². The second kappa shape index (κ2) is 9.17. The largest absolute Gasteiger partial charge is 0.443 e. The SMILES string of the molecule is COCCN(Cc1ccccc1)C(=O)NCc1coc(-c2cccs2)n1. The molecular formula is C19H21N3O3S. The van der Waals surface area contributed by atoms with E-state index in [1.165, 1.54) is 0 Å². The van der Waals surface area contributed by atoms with Crippen molar-refractivity contribution in [2.24, 2.45) is 0 Å². The molecule has 0 radical (unpaired) electrons. The molecule has 0 aliphatic carbocycles. The molecule has 26 heavy (non-hydrogen) atoms. The lowest BCUT2D eigenvalue weighted by atomic mass is 10.2. The molecule has 0 saturated carbocycles. The van der Waals surface area contributed by atoms with Crippen molar-refractivity contribution in [1.29, 1.82) is 0 Å². The van der Waals surface area contributed by atoms with Gasteiger partial charge in [-0.05, 0) is 17.0 Å². The molecule has 0 aliphatic heterocycles. The van der Waals surface area contributed by atoms with E-state index in [1.807, 2.05) is 47.8 Å². The lowest BCUT2D eigenvalue weighted by Crippen LogP contribution is -2.41. The Morgan fingerprint density at radius 2 is 2.12 bits per heavy atom. The first-order chi connectivity index (χ1) is 12.8. The smallest absolute Gasteiger partial charge is 0.318 e. The highest BCUT2D eigenvalue weighted by atomic mass is 32.1. The van der Waals surface area contributed by atoms with Crippen molar-refractivity contribution in [3.63, 3.8) is 0 Å². The van der Waals surface area contributed by atoms with Crippen LogP contribution in [0.4, 0.5) is 4.79 Å². The Hall–Kier alpha value is -2.64. The van der Waals surface area contributed by atoms with Crippen LogP contribution < -0.4 is 5.32 Å². The summed E-state index contributed by atoms with van der Waals surface area (Å²) < 4.78 is 10.6. The molecule has 0 bridgehead atoms. The number of thiophene rings is 1. The van der Waals surface area contributed by atoms with E-state index in [0.29, 0.717) is 37.8 Å². The minimum Gasteiger partial charge on any atom is -0.443 e. The molecule has 2 amide bonds. The topological polar surface area (TPSA) is 67.6 Å². The number of nitrogens with one attached hydrogen (secondary N) is 1. The van der Waals surface area contributed by atoms with Crippen LogP contribution in [0, 0.1) is 0 Å². The first-order valence-electron chi connectivity index (χ1n) is 8.30. The zero-order valence-electron chi connectivity index (χ0n) is 14.6. The first kappa shape index (κ1) is 18.2. The molecule has 3 aromatic rings. The predicted molar refractivity (Wildman–Crippen MR) is 101 cm³/mol. The molecule has 0 spiro atoms. The van der Waals surface area contributed by atoms with Gasteiger partial charge in [-0.2, -0.15) is 0 Å². The summed E-state index contributed by atoms with van der Waals surface area (Å²) in [5.74, 6) is 0.574. The number of oxazole rings is 1. The Balaban J connectivity index is 1.58. The number of nitrogens with zero attached hydrogens (tertiary/aromatic N) is 2. The number of hydrogen-bond acceptors (Lipinski definition) is 5. The summed E-state index contributed by atoms with van der Waals surface area (Å²) in [6, 6.07) is 13.6. The number of aromatic nitrogens is 1. The summed E-state index contributed by atoms with van der Waals surface area (Å²) in [6.45, 7) is 1.82. The van der Waals surface area contributed by atoms with Crippen molar-refractivity contribution in [3.05, 3.63) is 65.4 Å². The zero-order valence-corrected chi connectivity index (χ0v) is 15.4. The number of rotatable bonds is 8. The number of amides is 2. The summed E-state index contributed by atoms with van der Waals surface area (Å²) in [6.07, 6.45) is 1.58. The molecule has 3 rings (SSSR count). The van der Waals surface area contributed by atoms with E-state index in [0.717, 1.165) is 10.4 Å². The van der Waals surface area contributed by atoms with E-state index < -0.39 is 0 Å². The van der Waals surface area contributed by atoms with E-state index in [9.17, 15) is 4.79 Å². The number of carbonyl (C=O) groups is 1. The Bertz CT molecular complexity index is 803. The molecular weight excluding hydrogens is 350 g/mol. The van der Waals surface area contributed by atoms with Gasteiger partial charge in [0.05, 0.1) is 23.7 Å². The van der Waals surface area contributed by atoms with Gasteiger partial charge in [-0.3, -0.25) is 0 Å². The highest BCUT2D eigenvalue weighted by molar-refractivity contribution is 7.13. The van der Waals surface area contributed by atoms with Crippen LogP contribution in [0.3, 0.4) is 0 Å². The maximum Gasteiger partial charge on any atom is 0.318 e. The Morgan fingerprint density at radius 1 is 1.27 bits per heavy atom. The van der Waals surface area contributed by atoms with Crippen LogP contribution in [0.15, 0.2) is 58.5 Å². The molecule has 136 valence electrons. The number of methoxy groups -OCH3 is 1. The third-order valence-corrected chi connectivity index (χ3v) is 4.63. The Morgan fingerprint density at radius 3 is 2.85 bits per heavy atom. The molecule has 0 unspecified atom stereocenters. The fourth-order valence-electron chi connectivity index (χ4n) is 2.44. The molecule has 2 aromatic heterocycles. The summed E-state index contributed by atoms with van der Waals surface area (Å²) in [5.41, 5.74) is 1.76. The summed E-state index contributed by atoms with van der Waals surface area (Å²) in [5, 5.41) is 4.87. The number of urea groups is 1. The number of hydrogen-bond donors (Lipinski definition) is 1. The van der Waals surface area contributed by atoms with E-state index in [4.69, 9.17) is 9.15 Å². The van der Waals surface area contributed by atoms with E-state index in [1.54, 1.807) is 29.6 Å². The van der Waals surface area contributed by atoms with E-state index >= 15 is 0 Å².